The highest BCUT2D eigenvalue weighted by molar-refractivity contribution is 7.89. The van der Waals surface area contributed by atoms with Crippen molar-refractivity contribution in [2.24, 2.45) is 0 Å². The van der Waals surface area contributed by atoms with Crippen molar-refractivity contribution in [1.82, 2.24) is 15.0 Å². The van der Waals surface area contributed by atoms with Crippen molar-refractivity contribution in [3.8, 4) is 0 Å². The summed E-state index contributed by atoms with van der Waals surface area (Å²) in [7, 11) is -3.14. The SMILES string of the molecule is CCNS(=O)(=O)CCNC(C)c1nc(C)sc1C. The molecule has 0 spiro atoms. The molecule has 0 amide bonds. The van der Waals surface area contributed by atoms with Crippen molar-refractivity contribution in [3.63, 3.8) is 0 Å². The molecule has 0 fully saturated rings. The molecule has 1 rings (SSSR count). The van der Waals surface area contributed by atoms with Gasteiger partial charge in [-0.1, -0.05) is 6.92 Å². The minimum atomic E-state index is -3.14. The van der Waals surface area contributed by atoms with Crippen molar-refractivity contribution in [1.29, 1.82) is 0 Å². The van der Waals surface area contributed by atoms with E-state index < -0.39 is 10.0 Å². The summed E-state index contributed by atoms with van der Waals surface area (Å²) in [6, 6.07) is 0.0757. The molecule has 0 saturated carbocycles. The first kappa shape index (κ1) is 15.6. The van der Waals surface area contributed by atoms with Crippen LogP contribution < -0.4 is 10.0 Å². The molecule has 0 aliphatic carbocycles. The standard InChI is InChI=1S/C11H21N3O2S2/c1-5-13-18(15,16)7-6-12-8(2)11-9(3)17-10(4)14-11/h8,12-13H,5-7H2,1-4H3. The number of hydrogen-bond donors (Lipinski definition) is 2. The van der Waals surface area contributed by atoms with E-state index in [1.54, 1.807) is 18.3 Å². The number of aromatic nitrogens is 1. The molecule has 0 radical (unpaired) electrons. The van der Waals surface area contributed by atoms with Gasteiger partial charge in [0.25, 0.3) is 0 Å². The van der Waals surface area contributed by atoms with E-state index in [9.17, 15) is 8.42 Å². The molecular weight excluding hydrogens is 270 g/mol. The highest BCUT2D eigenvalue weighted by Crippen LogP contribution is 2.22. The van der Waals surface area contributed by atoms with Crippen LogP contribution in [0.3, 0.4) is 0 Å². The minimum absolute atomic E-state index is 0.0757. The summed E-state index contributed by atoms with van der Waals surface area (Å²) < 4.78 is 25.4. The van der Waals surface area contributed by atoms with Crippen LogP contribution >= 0.6 is 11.3 Å². The van der Waals surface area contributed by atoms with Gasteiger partial charge in [-0.2, -0.15) is 0 Å². The second-order valence-corrected chi connectivity index (χ2v) is 7.50. The minimum Gasteiger partial charge on any atom is -0.308 e. The highest BCUT2D eigenvalue weighted by Gasteiger charge is 2.14. The number of rotatable bonds is 7. The van der Waals surface area contributed by atoms with Gasteiger partial charge < -0.3 is 5.32 Å². The predicted molar refractivity (Wildman–Crippen MR) is 75.5 cm³/mol. The Balaban J connectivity index is 2.47. The van der Waals surface area contributed by atoms with Gasteiger partial charge in [0.2, 0.25) is 10.0 Å². The van der Waals surface area contributed by atoms with Crippen molar-refractivity contribution >= 4 is 21.4 Å². The number of aryl methyl sites for hydroxylation is 2. The lowest BCUT2D eigenvalue weighted by Crippen LogP contribution is -2.32. The van der Waals surface area contributed by atoms with Crippen LogP contribution in [0.25, 0.3) is 0 Å². The van der Waals surface area contributed by atoms with Crippen LogP contribution in [0.15, 0.2) is 0 Å². The summed E-state index contributed by atoms with van der Waals surface area (Å²) in [5, 5.41) is 4.23. The first-order valence-corrected chi connectivity index (χ1v) is 8.47. The molecule has 1 aromatic rings. The lowest BCUT2D eigenvalue weighted by Gasteiger charge is -2.12. The van der Waals surface area contributed by atoms with Crippen LogP contribution in [-0.2, 0) is 10.0 Å². The van der Waals surface area contributed by atoms with Gasteiger partial charge in [-0.3, -0.25) is 0 Å². The molecule has 5 nitrogen and oxygen atoms in total. The summed E-state index contributed by atoms with van der Waals surface area (Å²) in [5.74, 6) is 0.0906. The lowest BCUT2D eigenvalue weighted by molar-refractivity contribution is 0.558. The third-order valence-corrected chi connectivity index (χ3v) is 4.91. The maximum Gasteiger partial charge on any atom is 0.212 e. The Morgan fingerprint density at radius 1 is 1.39 bits per heavy atom. The van der Waals surface area contributed by atoms with Crippen LogP contribution in [0.4, 0.5) is 0 Å². The summed E-state index contributed by atoms with van der Waals surface area (Å²) >= 11 is 1.66. The molecule has 0 bridgehead atoms. The number of thiazole rings is 1. The van der Waals surface area contributed by atoms with Crippen molar-refractivity contribution in [3.05, 3.63) is 15.6 Å². The van der Waals surface area contributed by atoms with Gasteiger partial charge in [0.1, 0.15) is 0 Å². The average molecular weight is 291 g/mol. The van der Waals surface area contributed by atoms with Gasteiger partial charge in [0, 0.05) is 24.0 Å². The molecule has 0 aromatic carbocycles. The third-order valence-electron chi connectivity index (χ3n) is 2.54. The van der Waals surface area contributed by atoms with Crippen LogP contribution in [-0.4, -0.2) is 32.2 Å². The quantitative estimate of drug-likeness (QED) is 0.795. The van der Waals surface area contributed by atoms with Crippen LogP contribution in [0.5, 0.6) is 0 Å². The molecule has 7 heteroatoms. The molecule has 0 aliphatic heterocycles. The van der Waals surface area contributed by atoms with Crippen molar-refractivity contribution in [2.75, 3.05) is 18.8 Å². The Bertz CT molecular complexity index is 482. The Hall–Kier alpha value is -0.500. The molecule has 1 aromatic heterocycles. The molecule has 1 heterocycles. The Morgan fingerprint density at radius 3 is 2.56 bits per heavy atom. The summed E-state index contributed by atoms with van der Waals surface area (Å²) in [6.07, 6.45) is 0. The van der Waals surface area contributed by atoms with Crippen molar-refractivity contribution < 1.29 is 8.42 Å². The van der Waals surface area contributed by atoms with Crippen LogP contribution in [0, 0.1) is 13.8 Å². The fraction of sp³-hybridized carbons (Fsp3) is 0.727. The smallest absolute Gasteiger partial charge is 0.212 e. The molecule has 1 atom stereocenters. The number of nitrogens with one attached hydrogen (secondary N) is 2. The van der Waals surface area contributed by atoms with E-state index in [-0.39, 0.29) is 11.8 Å². The van der Waals surface area contributed by atoms with Gasteiger partial charge in [-0.05, 0) is 20.8 Å². The van der Waals surface area contributed by atoms with E-state index in [1.165, 1.54) is 4.88 Å². The normalized spacial score (nSPS) is 13.8. The summed E-state index contributed by atoms with van der Waals surface area (Å²) in [4.78, 5) is 5.63. The molecule has 1 unspecified atom stereocenters. The maximum atomic E-state index is 11.5. The van der Waals surface area contributed by atoms with E-state index >= 15 is 0 Å². The molecule has 2 N–H and O–H groups in total. The zero-order chi connectivity index (χ0) is 13.8. The second-order valence-electron chi connectivity index (χ2n) is 4.17. The second kappa shape index (κ2) is 6.60. The number of hydrogen-bond acceptors (Lipinski definition) is 5. The molecule has 104 valence electrons. The van der Waals surface area contributed by atoms with Gasteiger partial charge in [-0.25, -0.2) is 18.1 Å². The third kappa shape index (κ3) is 4.64. The fourth-order valence-electron chi connectivity index (χ4n) is 1.75. The van der Waals surface area contributed by atoms with E-state index in [1.807, 2.05) is 20.8 Å². The predicted octanol–water partition coefficient (Wildman–Crippen LogP) is 1.35. The summed E-state index contributed by atoms with van der Waals surface area (Å²) in [6.45, 7) is 8.64. The van der Waals surface area contributed by atoms with Gasteiger partial charge in [0.05, 0.1) is 16.5 Å². The van der Waals surface area contributed by atoms with E-state index in [0.29, 0.717) is 13.1 Å². The van der Waals surface area contributed by atoms with Gasteiger partial charge >= 0.3 is 0 Å². The molecular formula is C11H21N3O2S2. The Labute approximate surface area is 113 Å². The topological polar surface area (TPSA) is 71.1 Å². The average Bonchev–Trinajstić information content (AvgIpc) is 2.57. The van der Waals surface area contributed by atoms with Gasteiger partial charge in [-0.15, -0.1) is 11.3 Å². The van der Waals surface area contributed by atoms with Crippen LogP contribution in [0.2, 0.25) is 0 Å². The van der Waals surface area contributed by atoms with E-state index in [0.717, 1.165) is 10.7 Å². The first-order chi connectivity index (χ1) is 8.35. The monoisotopic (exact) mass is 291 g/mol. The van der Waals surface area contributed by atoms with E-state index in [4.69, 9.17) is 0 Å². The van der Waals surface area contributed by atoms with E-state index in [2.05, 4.69) is 15.0 Å². The molecule has 0 aliphatic rings. The molecule has 0 saturated heterocycles. The molecule has 18 heavy (non-hydrogen) atoms. The van der Waals surface area contributed by atoms with Crippen molar-refractivity contribution in [2.45, 2.75) is 33.7 Å². The summed E-state index contributed by atoms with van der Waals surface area (Å²) in [5.41, 5.74) is 1.01. The van der Waals surface area contributed by atoms with Gasteiger partial charge in [0.15, 0.2) is 0 Å². The number of nitrogens with zero attached hydrogens (tertiary/aromatic N) is 1. The Morgan fingerprint density at radius 2 is 2.06 bits per heavy atom. The zero-order valence-corrected chi connectivity index (χ0v) is 12.9. The number of sulfonamides is 1. The maximum absolute atomic E-state index is 11.5. The highest BCUT2D eigenvalue weighted by atomic mass is 32.2. The lowest BCUT2D eigenvalue weighted by atomic mass is 10.2. The Kier molecular flexibility index (Phi) is 5.71. The zero-order valence-electron chi connectivity index (χ0n) is 11.3. The van der Waals surface area contributed by atoms with Crippen LogP contribution in [0.1, 0.15) is 35.5 Å². The first-order valence-electron chi connectivity index (χ1n) is 6.00. The fourth-order valence-corrected chi connectivity index (χ4v) is 3.63. The largest absolute Gasteiger partial charge is 0.308 e.